The van der Waals surface area contributed by atoms with Crippen LogP contribution in [0.3, 0.4) is 0 Å². The quantitative estimate of drug-likeness (QED) is 0.258. The van der Waals surface area contributed by atoms with E-state index in [9.17, 15) is 23.9 Å². The number of aromatic nitrogens is 1. The number of hydrogen-bond donors (Lipinski definition) is 3. The Morgan fingerprint density at radius 3 is 2.53 bits per heavy atom. The lowest BCUT2D eigenvalue weighted by Gasteiger charge is -2.24. The maximum Gasteiger partial charge on any atom is 0.307 e. The summed E-state index contributed by atoms with van der Waals surface area (Å²) in [7, 11) is 0. The molecule has 0 spiro atoms. The number of amides is 2. The highest BCUT2D eigenvalue weighted by atomic mass is 32.2. The van der Waals surface area contributed by atoms with Gasteiger partial charge in [0.2, 0.25) is 11.8 Å². The van der Waals surface area contributed by atoms with Crippen LogP contribution in [0.15, 0.2) is 71.0 Å². The molecule has 0 bridgehead atoms. The van der Waals surface area contributed by atoms with Gasteiger partial charge in [-0.25, -0.2) is 9.37 Å². The fraction of sp³-hybridized carbons (Fsp3) is 0.231. The molecular formula is C26H24FN3O4S2. The van der Waals surface area contributed by atoms with Crippen LogP contribution in [0, 0.1) is 17.7 Å². The van der Waals surface area contributed by atoms with E-state index in [0.29, 0.717) is 29.4 Å². The molecule has 1 aliphatic rings. The maximum absolute atomic E-state index is 13.1. The molecular weight excluding hydrogens is 501 g/mol. The molecule has 36 heavy (non-hydrogen) atoms. The van der Waals surface area contributed by atoms with E-state index >= 15 is 0 Å². The number of anilines is 2. The Balaban J connectivity index is 1.35. The third-order valence-corrected chi connectivity index (χ3v) is 7.60. The van der Waals surface area contributed by atoms with Gasteiger partial charge in [-0.2, -0.15) is 0 Å². The molecule has 0 saturated carbocycles. The fourth-order valence-electron chi connectivity index (χ4n) is 3.81. The van der Waals surface area contributed by atoms with Crippen LogP contribution in [0.25, 0.3) is 11.3 Å². The van der Waals surface area contributed by atoms with Gasteiger partial charge in [-0.15, -0.1) is 23.1 Å². The lowest BCUT2D eigenvalue weighted by Crippen LogP contribution is -2.34. The Labute approximate surface area is 215 Å². The first kappa shape index (κ1) is 25.6. The third-order valence-electron chi connectivity index (χ3n) is 5.74. The number of carbonyl (C=O) groups excluding carboxylic acids is 2. The zero-order valence-corrected chi connectivity index (χ0v) is 20.9. The monoisotopic (exact) mass is 525 g/mol. The number of halogens is 1. The smallest absolute Gasteiger partial charge is 0.307 e. The molecule has 1 heterocycles. The highest BCUT2D eigenvalue weighted by Crippen LogP contribution is 2.30. The van der Waals surface area contributed by atoms with Gasteiger partial charge in [-0.05, 0) is 62.2 Å². The SMILES string of the molecule is CC(Sc1cccc(NC(=O)C2CC=CCC2C(=O)O)c1)C(=O)Nc1nc(-c2ccc(F)cc2)cs1. The second-order valence-corrected chi connectivity index (χ2v) is 10.6. The number of aliphatic carboxylic acids is 1. The lowest BCUT2D eigenvalue weighted by molar-refractivity contribution is -0.146. The standard InChI is InChI=1S/C26H24FN3O4S2/c1-15(23(31)30-26-29-22(14-35-26)16-9-11-17(27)12-10-16)36-19-6-4-5-18(13-19)28-24(32)20-7-2-3-8-21(20)25(33)34/h2-6,9-15,20-21H,7-8H2,1H3,(H,28,32)(H,33,34)(H,29,30,31). The van der Waals surface area contributed by atoms with Crippen molar-refractivity contribution in [2.45, 2.75) is 29.9 Å². The minimum Gasteiger partial charge on any atom is -0.481 e. The van der Waals surface area contributed by atoms with Gasteiger partial charge in [0.25, 0.3) is 0 Å². The molecule has 7 nitrogen and oxygen atoms in total. The van der Waals surface area contributed by atoms with Gasteiger partial charge < -0.3 is 15.7 Å². The number of nitrogens with zero attached hydrogens (tertiary/aromatic N) is 1. The lowest BCUT2D eigenvalue weighted by atomic mass is 9.82. The Morgan fingerprint density at radius 1 is 1.08 bits per heavy atom. The number of benzene rings is 2. The predicted octanol–water partition coefficient (Wildman–Crippen LogP) is 5.67. The molecule has 4 rings (SSSR count). The van der Waals surface area contributed by atoms with Gasteiger partial charge in [0.1, 0.15) is 5.82 Å². The number of carbonyl (C=O) groups is 3. The van der Waals surface area contributed by atoms with Crippen molar-refractivity contribution in [3.05, 3.63) is 71.9 Å². The van der Waals surface area contributed by atoms with Crippen LogP contribution in [0.2, 0.25) is 0 Å². The number of hydrogen-bond acceptors (Lipinski definition) is 6. The number of nitrogens with one attached hydrogen (secondary N) is 2. The average molecular weight is 526 g/mol. The Bertz CT molecular complexity index is 1290. The van der Waals surface area contributed by atoms with Crippen molar-refractivity contribution in [3.63, 3.8) is 0 Å². The van der Waals surface area contributed by atoms with Crippen molar-refractivity contribution in [3.8, 4) is 11.3 Å². The molecule has 3 N–H and O–H groups in total. The van der Waals surface area contributed by atoms with Crippen molar-refractivity contribution >= 4 is 51.7 Å². The number of thioether (sulfide) groups is 1. The van der Waals surface area contributed by atoms with E-state index in [1.54, 1.807) is 48.7 Å². The normalized spacial score (nSPS) is 17.8. The van der Waals surface area contributed by atoms with E-state index in [-0.39, 0.29) is 17.6 Å². The summed E-state index contributed by atoms with van der Waals surface area (Å²) in [6, 6.07) is 13.1. The number of carboxylic acid groups (broad SMARTS) is 1. The molecule has 0 fully saturated rings. The van der Waals surface area contributed by atoms with Crippen LogP contribution in [0.5, 0.6) is 0 Å². The average Bonchev–Trinajstić information content (AvgIpc) is 3.33. The molecule has 2 amide bonds. The molecule has 1 aromatic heterocycles. The first-order chi connectivity index (χ1) is 17.3. The van der Waals surface area contributed by atoms with Crippen molar-refractivity contribution in [1.29, 1.82) is 0 Å². The summed E-state index contributed by atoms with van der Waals surface area (Å²) in [4.78, 5) is 42.2. The number of carboxylic acids is 1. The summed E-state index contributed by atoms with van der Waals surface area (Å²) in [6.07, 6.45) is 4.34. The number of thiazole rings is 1. The first-order valence-corrected chi connectivity index (χ1v) is 13.0. The minimum absolute atomic E-state index is 0.229. The van der Waals surface area contributed by atoms with Gasteiger partial charge in [-0.1, -0.05) is 18.2 Å². The van der Waals surface area contributed by atoms with Crippen LogP contribution >= 0.6 is 23.1 Å². The Kier molecular flexibility index (Phi) is 8.17. The summed E-state index contributed by atoms with van der Waals surface area (Å²) < 4.78 is 13.1. The number of rotatable bonds is 8. The molecule has 0 aliphatic heterocycles. The van der Waals surface area contributed by atoms with Gasteiger partial charge in [-0.3, -0.25) is 14.4 Å². The van der Waals surface area contributed by atoms with E-state index in [1.807, 2.05) is 12.1 Å². The number of allylic oxidation sites excluding steroid dienone is 2. The topological polar surface area (TPSA) is 108 Å². The summed E-state index contributed by atoms with van der Waals surface area (Å²) in [6.45, 7) is 1.77. The highest BCUT2D eigenvalue weighted by molar-refractivity contribution is 8.00. The molecule has 1 aliphatic carbocycles. The van der Waals surface area contributed by atoms with Crippen LogP contribution in [-0.4, -0.2) is 33.1 Å². The zero-order chi connectivity index (χ0) is 25.7. The van der Waals surface area contributed by atoms with Gasteiger partial charge in [0.15, 0.2) is 5.13 Å². The fourth-order valence-corrected chi connectivity index (χ4v) is 5.46. The maximum atomic E-state index is 13.1. The highest BCUT2D eigenvalue weighted by Gasteiger charge is 2.34. The van der Waals surface area contributed by atoms with Crippen LogP contribution in [0.4, 0.5) is 15.2 Å². The van der Waals surface area contributed by atoms with Crippen LogP contribution in [0.1, 0.15) is 19.8 Å². The summed E-state index contributed by atoms with van der Waals surface area (Å²) in [5, 5.41) is 16.8. The van der Waals surface area contributed by atoms with Crippen LogP contribution < -0.4 is 10.6 Å². The second kappa shape index (κ2) is 11.5. The molecule has 3 unspecified atom stereocenters. The van der Waals surface area contributed by atoms with Gasteiger partial charge >= 0.3 is 5.97 Å². The van der Waals surface area contributed by atoms with E-state index < -0.39 is 23.1 Å². The van der Waals surface area contributed by atoms with Crippen molar-refractivity contribution in [1.82, 2.24) is 4.98 Å². The van der Waals surface area contributed by atoms with E-state index in [2.05, 4.69) is 15.6 Å². The predicted molar refractivity (Wildman–Crippen MR) is 140 cm³/mol. The summed E-state index contributed by atoms with van der Waals surface area (Å²) in [5.74, 6) is -3.24. The molecule has 186 valence electrons. The summed E-state index contributed by atoms with van der Waals surface area (Å²) >= 11 is 2.61. The molecule has 3 aromatic rings. The summed E-state index contributed by atoms with van der Waals surface area (Å²) in [5.41, 5.74) is 1.95. The third kappa shape index (κ3) is 6.38. The molecule has 2 aromatic carbocycles. The van der Waals surface area contributed by atoms with E-state index in [4.69, 9.17) is 0 Å². The van der Waals surface area contributed by atoms with Crippen LogP contribution in [-0.2, 0) is 14.4 Å². The van der Waals surface area contributed by atoms with Gasteiger partial charge in [0.05, 0.1) is 22.8 Å². The molecule has 3 atom stereocenters. The molecule has 0 radical (unpaired) electrons. The van der Waals surface area contributed by atoms with E-state index in [1.165, 1.54) is 35.2 Å². The Morgan fingerprint density at radius 2 is 1.81 bits per heavy atom. The van der Waals surface area contributed by atoms with Gasteiger partial charge in [0, 0.05) is 21.5 Å². The largest absolute Gasteiger partial charge is 0.481 e. The molecule has 10 heteroatoms. The Hall–Kier alpha value is -3.50. The zero-order valence-electron chi connectivity index (χ0n) is 19.3. The minimum atomic E-state index is -0.978. The second-order valence-electron chi connectivity index (χ2n) is 8.31. The van der Waals surface area contributed by atoms with Crippen molar-refractivity contribution in [2.75, 3.05) is 10.6 Å². The first-order valence-electron chi connectivity index (χ1n) is 11.3. The molecule has 0 saturated heterocycles. The van der Waals surface area contributed by atoms with Crippen molar-refractivity contribution in [2.24, 2.45) is 11.8 Å². The van der Waals surface area contributed by atoms with E-state index in [0.717, 1.165) is 10.5 Å². The van der Waals surface area contributed by atoms with Crippen molar-refractivity contribution < 1.29 is 23.9 Å².